The van der Waals surface area contributed by atoms with Crippen LogP contribution in [0, 0.1) is 0 Å². The number of fused-ring (bicyclic) bond motifs is 1. The minimum Gasteiger partial charge on any atom is -0.548 e. The molecular formula is C19H21N2NaO6S. The number of carboxylic acids is 1. The molecule has 2 amide bonds. The first-order valence-electron chi connectivity index (χ1n) is 9.16. The molecule has 1 saturated carbocycles. The molecule has 150 valence electrons. The van der Waals surface area contributed by atoms with Crippen LogP contribution in [0.5, 0.6) is 11.5 Å². The van der Waals surface area contributed by atoms with Gasteiger partial charge in [0.15, 0.2) is 0 Å². The van der Waals surface area contributed by atoms with E-state index in [-0.39, 0.29) is 35.1 Å². The SMILES string of the molecule is COc1cccc(OC)c1C(=O)NC1C(=O)N2C(C(=O)[O-])C3(CCCC3)S[C@@H]12.[Na+]. The molecule has 4 rings (SSSR count). The Balaban J connectivity index is 0.00000240. The van der Waals surface area contributed by atoms with Crippen molar-refractivity contribution in [1.82, 2.24) is 10.2 Å². The predicted molar refractivity (Wildman–Crippen MR) is 99.0 cm³/mol. The molecule has 2 heterocycles. The fourth-order valence-electron chi connectivity index (χ4n) is 4.56. The van der Waals surface area contributed by atoms with Crippen LogP contribution in [-0.2, 0) is 9.59 Å². The molecule has 1 spiro atoms. The fraction of sp³-hybridized carbons (Fsp3) is 0.526. The van der Waals surface area contributed by atoms with Gasteiger partial charge in [-0.2, -0.15) is 0 Å². The summed E-state index contributed by atoms with van der Waals surface area (Å²) in [6.45, 7) is 0. The number of β-lactam (4-membered cyclic amide) rings is 1. The minimum atomic E-state index is -1.22. The molecule has 3 atom stereocenters. The maximum Gasteiger partial charge on any atom is 1.00 e. The van der Waals surface area contributed by atoms with Gasteiger partial charge < -0.3 is 29.6 Å². The fourth-order valence-corrected chi connectivity index (χ4v) is 6.56. The summed E-state index contributed by atoms with van der Waals surface area (Å²) >= 11 is 1.48. The number of carbonyl (C=O) groups is 3. The molecule has 1 N–H and O–H groups in total. The molecule has 10 heteroatoms. The Bertz CT molecular complexity index is 822. The van der Waals surface area contributed by atoms with Gasteiger partial charge in [-0.1, -0.05) is 18.9 Å². The summed E-state index contributed by atoms with van der Waals surface area (Å²) in [5.41, 5.74) is 0.203. The van der Waals surface area contributed by atoms with E-state index in [0.29, 0.717) is 11.5 Å². The van der Waals surface area contributed by atoms with Crippen molar-refractivity contribution in [3.8, 4) is 11.5 Å². The van der Waals surface area contributed by atoms with E-state index in [1.807, 2.05) is 0 Å². The standard InChI is InChI=1S/C19H22N2O6S.Na/c1-26-10-6-5-7-11(27-2)12(10)15(22)20-13-16(23)21-14(18(24)25)19(28-17(13)21)8-3-4-9-19;/h5-7,13-14,17H,3-4,8-9H2,1-2H3,(H,20,22)(H,24,25);/q;+1/p-1/t13?,14?,17-;/m0./s1. The zero-order valence-electron chi connectivity index (χ0n) is 16.6. The van der Waals surface area contributed by atoms with Gasteiger partial charge in [0.2, 0.25) is 5.91 Å². The summed E-state index contributed by atoms with van der Waals surface area (Å²) in [5, 5.41) is 14.1. The van der Waals surface area contributed by atoms with E-state index < -0.39 is 40.0 Å². The van der Waals surface area contributed by atoms with Crippen molar-refractivity contribution in [2.45, 2.75) is 47.9 Å². The second-order valence-corrected chi connectivity index (χ2v) is 8.77. The maximum atomic E-state index is 12.9. The summed E-state index contributed by atoms with van der Waals surface area (Å²) in [6.07, 6.45) is 3.33. The number of rotatable bonds is 5. The summed E-state index contributed by atoms with van der Waals surface area (Å²) in [6, 6.07) is 3.25. The molecule has 1 aromatic carbocycles. The maximum absolute atomic E-state index is 12.9. The largest absolute Gasteiger partial charge is 1.00 e. The van der Waals surface area contributed by atoms with Crippen LogP contribution in [0.25, 0.3) is 0 Å². The van der Waals surface area contributed by atoms with Crippen LogP contribution in [0.4, 0.5) is 0 Å². The number of thioether (sulfide) groups is 1. The van der Waals surface area contributed by atoms with Crippen molar-refractivity contribution in [1.29, 1.82) is 0 Å². The second-order valence-electron chi connectivity index (χ2n) is 7.24. The molecule has 2 saturated heterocycles. The van der Waals surface area contributed by atoms with Crippen LogP contribution in [0.1, 0.15) is 36.0 Å². The molecule has 0 aromatic heterocycles. The number of carbonyl (C=O) groups excluding carboxylic acids is 3. The number of nitrogens with one attached hydrogen (secondary N) is 1. The molecule has 3 fully saturated rings. The van der Waals surface area contributed by atoms with Crippen LogP contribution in [0.2, 0.25) is 0 Å². The molecule has 2 aliphatic heterocycles. The smallest absolute Gasteiger partial charge is 0.548 e. The zero-order chi connectivity index (χ0) is 20.1. The van der Waals surface area contributed by atoms with E-state index >= 15 is 0 Å². The van der Waals surface area contributed by atoms with E-state index in [4.69, 9.17) is 9.47 Å². The van der Waals surface area contributed by atoms with Gasteiger partial charge in [0.1, 0.15) is 28.5 Å². The van der Waals surface area contributed by atoms with Crippen LogP contribution < -0.4 is 49.5 Å². The Morgan fingerprint density at radius 2 is 1.79 bits per heavy atom. The summed E-state index contributed by atoms with van der Waals surface area (Å²) in [5.74, 6) is -1.44. The summed E-state index contributed by atoms with van der Waals surface area (Å²) in [4.78, 5) is 38.8. The zero-order valence-corrected chi connectivity index (χ0v) is 19.4. The molecule has 0 radical (unpaired) electrons. The molecule has 8 nitrogen and oxygen atoms in total. The van der Waals surface area contributed by atoms with Crippen LogP contribution in [0.3, 0.4) is 0 Å². The number of hydrogen-bond acceptors (Lipinski definition) is 7. The average molecular weight is 428 g/mol. The summed E-state index contributed by atoms with van der Waals surface area (Å²) in [7, 11) is 2.89. The molecule has 2 unspecified atom stereocenters. The number of benzene rings is 1. The summed E-state index contributed by atoms with van der Waals surface area (Å²) < 4.78 is 9.99. The van der Waals surface area contributed by atoms with Crippen molar-refractivity contribution in [3.63, 3.8) is 0 Å². The van der Waals surface area contributed by atoms with Crippen LogP contribution >= 0.6 is 11.8 Å². The predicted octanol–water partition coefficient (Wildman–Crippen LogP) is -2.85. The monoisotopic (exact) mass is 428 g/mol. The van der Waals surface area contributed by atoms with Crippen molar-refractivity contribution in [2.24, 2.45) is 0 Å². The molecule has 0 bridgehead atoms. The number of carboxylic acid groups (broad SMARTS) is 1. The third-order valence-corrected chi connectivity index (χ3v) is 7.67. The second kappa shape index (κ2) is 8.37. The van der Waals surface area contributed by atoms with Gasteiger partial charge in [0.05, 0.1) is 26.2 Å². The van der Waals surface area contributed by atoms with Gasteiger partial charge in [0.25, 0.3) is 5.91 Å². The number of hydrogen-bond donors (Lipinski definition) is 1. The van der Waals surface area contributed by atoms with E-state index in [2.05, 4.69) is 5.32 Å². The third-order valence-electron chi connectivity index (χ3n) is 5.83. The van der Waals surface area contributed by atoms with Crippen molar-refractivity contribution >= 4 is 29.5 Å². The van der Waals surface area contributed by atoms with Crippen molar-refractivity contribution < 1.29 is 58.5 Å². The first-order valence-corrected chi connectivity index (χ1v) is 10.0. The Labute approximate surface area is 195 Å². The Morgan fingerprint density at radius 1 is 1.21 bits per heavy atom. The number of methoxy groups -OCH3 is 2. The molecular weight excluding hydrogens is 407 g/mol. The topological polar surface area (TPSA) is 108 Å². The Morgan fingerprint density at radius 3 is 2.31 bits per heavy atom. The minimum absolute atomic E-state index is 0. The van der Waals surface area contributed by atoms with Crippen LogP contribution in [-0.4, -0.2) is 59.1 Å². The van der Waals surface area contributed by atoms with E-state index in [0.717, 1.165) is 25.7 Å². The quantitative estimate of drug-likeness (QED) is 0.397. The molecule has 1 aliphatic carbocycles. The van der Waals surface area contributed by atoms with E-state index in [1.165, 1.54) is 30.9 Å². The normalized spacial score (nSPS) is 26.3. The first-order chi connectivity index (χ1) is 13.4. The van der Waals surface area contributed by atoms with Gasteiger partial charge in [0, 0.05) is 4.75 Å². The van der Waals surface area contributed by atoms with Gasteiger partial charge in [-0.25, -0.2) is 0 Å². The van der Waals surface area contributed by atoms with E-state index in [1.54, 1.807) is 18.2 Å². The van der Waals surface area contributed by atoms with Crippen molar-refractivity contribution in [3.05, 3.63) is 23.8 Å². The average Bonchev–Trinajstić information content (AvgIpc) is 3.28. The van der Waals surface area contributed by atoms with Gasteiger partial charge >= 0.3 is 29.6 Å². The number of ether oxygens (including phenoxy) is 2. The molecule has 1 aromatic rings. The van der Waals surface area contributed by atoms with Crippen molar-refractivity contribution in [2.75, 3.05) is 14.2 Å². The van der Waals surface area contributed by atoms with Gasteiger partial charge in [-0.05, 0) is 25.0 Å². The number of aliphatic carboxylic acids is 1. The molecule has 29 heavy (non-hydrogen) atoms. The number of nitrogens with zero attached hydrogens (tertiary/aromatic N) is 1. The Hall–Kier alpha value is -1.42. The van der Waals surface area contributed by atoms with Crippen LogP contribution in [0.15, 0.2) is 18.2 Å². The third kappa shape index (κ3) is 3.41. The first kappa shape index (κ1) is 22.3. The van der Waals surface area contributed by atoms with Gasteiger partial charge in [-0.3, -0.25) is 9.59 Å². The van der Waals surface area contributed by atoms with E-state index in [9.17, 15) is 19.5 Å². The van der Waals surface area contributed by atoms with Gasteiger partial charge in [-0.15, -0.1) is 11.8 Å². The number of amides is 2. The Kier molecular flexibility index (Phi) is 6.43. The molecule has 3 aliphatic rings.